The summed E-state index contributed by atoms with van der Waals surface area (Å²) in [7, 11) is -4.23. The minimum atomic E-state index is -4.23. The molecular formula is C36H39Cl2N3O4S. The summed E-state index contributed by atoms with van der Waals surface area (Å²) < 4.78 is 29.6. The fourth-order valence-corrected chi connectivity index (χ4v) is 7.01. The molecule has 0 saturated heterocycles. The molecule has 0 unspecified atom stereocenters. The van der Waals surface area contributed by atoms with E-state index in [1.807, 2.05) is 64.1 Å². The molecule has 2 amide bonds. The molecule has 1 atom stereocenters. The Kier molecular flexibility index (Phi) is 11.2. The lowest BCUT2D eigenvalue weighted by Gasteiger charge is -2.35. The number of hydrogen-bond acceptors (Lipinski definition) is 4. The highest BCUT2D eigenvalue weighted by atomic mass is 35.5. The second kappa shape index (κ2) is 14.7. The summed E-state index contributed by atoms with van der Waals surface area (Å²) >= 11 is 12.6. The molecule has 0 bridgehead atoms. The molecule has 4 aromatic carbocycles. The summed E-state index contributed by atoms with van der Waals surface area (Å²) in [4.78, 5) is 30.1. The predicted octanol–water partition coefficient (Wildman–Crippen LogP) is 7.36. The third-order valence-corrected chi connectivity index (χ3v) is 9.57. The van der Waals surface area contributed by atoms with E-state index >= 15 is 0 Å². The topological polar surface area (TPSA) is 86.8 Å². The van der Waals surface area contributed by atoms with E-state index in [1.165, 1.54) is 17.0 Å². The van der Waals surface area contributed by atoms with Crippen molar-refractivity contribution in [2.45, 2.75) is 64.1 Å². The van der Waals surface area contributed by atoms with Crippen LogP contribution < -0.4 is 9.62 Å². The number of carbonyl (C=O) groups is 2. The molecule has 0 fully saturated rings. The van der Waals surface area contributed by atoms with E-state index in [2.05, 4.69) is 5.32 Å². The minimum absolute atomic E-state index is 0.0203. The first-order valence-electron chi connectivity index (χ1n) is 14.9. The molecule has 0 aliphatic rings. The lowest BCUT2D eigenvalue weighted by Crippen LogP contribution is -2.56. The SMILES string of the molecule is Cc1ccc(S(=O)(=O)N(CC(=O)N(Cc2cccc(Cl)c2)[C@@H](Cc2ccccc2)C(=O)NC(C)(C)C)c2ccc(Cl)cc2C)cc1. The summed E-state index contributed by atoms with van der Waals surface area (Å²) in [5.74, 6) is -0.919. The number of aryl methyl sites for hydroxylation is 2. The smallest absolute Gasteiger partial charge is 0.264 e. The highest BCUT2D eigenvalue weighted by molar-refractivity contribution is 7.92. The van der Waals surface area contributed by atoms with Crippen molar-refractivity contribution in [3.05, 3.63) is 129 Å². The first kappa shape index (κ1) is 35.0. The van der Waals surface area contributed by atoms with Gasteiger partial charge in [0, 0.05) is 28.5 Å². The summed E-state index contributed by atoms with van der Waals surface area (Å²) in [5.41, 5.74) is 2.73. The Balaban J connectivity index is 1.84. The third kappa shape index (κ3) is 9.12. The molecule has 4 aromatic rings. The van der Waals surface area contributed by atoms with Crippen molar-refractivity contribution in [2.24, 2.45) is 0 Å². The van der Waals surface area contributed by atoms with Gasteiger partial charge in [-0.2, -0.15) is 0 Å². The zero-order chi connectivity index (χ0) is 33.6. The van der Waals surface area contributed by atoms with Crippen LogP contribution in [-0.4, -0.2) is 43.3 Å². The number of amides is 2. The first-order valence-corrected chi connectivity index (χ1v) is 17.1. The van der Waals surface area contributed by atoms with Gasteiger partial charge in [-0.05, 0) is 93.8 Å². The molecule has 0 radical (unpaired) electrons. The number of halogens is 2. The summed E-state index contributed by atoms with van der Waals surface area (Å²) in [6.07, 6.45) is 0.208. The number of nitrogens with zero attached hydrogens (tertiary/aromatic N) is 2. The van der Waals surface area contributed by atoms with E-state index in [0.717, 1.165) is 15.4 Å². The normalized spacial score (nSPS) is 12.3. The molecule has 1 N–H and O–H groups in total. The quantitative estimate of drug-likeness (QED) is 0.179. The molecule has 0 aliphatic heterocycles. The van der Waals surface area contributed by atoms with E-state index < -0.39 is 34.1 Å². The van der Waals surface area contributed by atoms with Crippen LogP contribution in [0.4, 0.5) is 5.69 Å². The van der Waals surface area contributed by atoms with Crippen molar-refractivity contribution in [3.63, 3.8) is 0 Å². The fraction of sp³-hybridized carbons (Fsp3) is 0.278. The monoisotopic (exact) mass is 679 g/mol. The van der Waals surface area contributed by atoms with Gasteiger partial charge in [0.25, 0.3) is 10.0 Å². The highest BCUT2D eigenvalue weighted by Gasteiger charge is 2.36. The number of nitrogens with one attached hydrogen (secondary N) is 1. The maximum atomic E-state index is 14.6. The van der Waals surface area contributed by atoms with Crippen LogP contribution in [-0.2, 0) is 32.6 Å². The lowest BCUT2D eigenvalue weighted by atomic mass is 10.0. The Morgan fingerprint density at radius 3 is 2.04 bits per heavy atom. The molecule has 0 saturated carbocycles. The van der Waals surface area contributed by atoms with Gasteiger partial charge in [-0.15, -0.1) is 0 Å². The zero-order valence-corrected chi connectivity index (χ0v) is 29.0. The molecule has 10 heteroatoms. The van der Waals surface area contributed by atoms with E-state index in [0.29, 0.717) is 26.9 Å². The van der Waals surface area contributed by atoms with Gasteiger partial charge in [0.2, 0.25) is 11.8 Å². The van der Waals surface area contributed by atoms with Gasteiger partial charge in [0.05, 0.1) is 10.6 Å². The number of carbonyl (C=O) groups excluding carboxylic acids is 2. The van der Waals surface area contributed by atoms with E-state index in [4.69, 9.17) is 23.2 Å². The first-order chi connectivity index (χ1) is 21.6. The Labute approximate surface area is 282 Å². The largest absolute Gasteiger partial charge is 0.350 e. The van der Waals surface area contributed by atoms with Crippen LogP contribution in [0.5, 0.6) is 0 Å². The second-order valence-corrected chi connectivity index (χ2v) is 15.1. The second-order valence-electron chi connectivity index (χ2n) is 12.4. The molecule has 0 heterocycles. The van der Waals surface area contributed by atoms with Crippen molar-refractivity contribution in [2.75, 3.05) is 10.8 Å². The van der Waals surface area contributed by atoms with Gasteiger partial charge in [-0.3, -0.25) is 13.9 Å². The average Bonchev–Trinajstić information content (AvgIpc) is 2.98. The van der Waals surface area contributed by atoms with Gasteiger partial charge in [0.15, 0.2) is 0 Å². The number of anilines is 1. The predicted molar refractivity (Wildman–Crippen MR) is 186 cm³/mol. The number of hydrogen-bond donors (Lipinski definition) is 1. The molecule has 0 aliphatic carbocycles. The maximum absolute atomic E-state index is 14.6. The van der Waals surface area contributed by atoms with Gasteiger partial charge in [-0.1, -0.05) is 83.4 Å². The van der Waals surface area contributed by atoms with Gasteiger partial charge < -0.3 is 10.2 Å². The van der Waals surface area contributed by atoms with Gasteiger partial charge >= 0.3 is 0 Å². The maximum Gasteiger partial charge on any atom is 0.264 e. The molecule has 242 valence electrons. The lowest BCUT2D eigenvalue weighted by molar-refractivity contribution is -0.140. The van der Waals surface area contributed by atoms with Gasteiger partial charge in [-0.25, -0.2) is 8.42 Å². The zero-order valence-electron chi connectivity index (χ0n) is 26.6. The Hall–Kier alpha value is -3.85. The molecule has 7 nitrogen and oxygen atoms in total. The van der Waals surface area contributed by atoms with Crippen LogP contribution in [0, 0.1) is 13.8 Å². The standard InChI is InChI=1S/C36H39Cl2N3O4S/c1-25-14-17-31(18-15-25)46(44,45)41(32-19-16-30(38)20-26(32)2)24-34(42)40(23-28-12-9-13-29(37)21-28)33(35(43)39-36(3,4)5)22-27-10-7-6-8-11-27/h6-21,33H,22-24H2,1-5H3,(H,39,43)/t33-/m0/s1. The van der Waals surface area contributed by atoms with E-state index in [-0.39, 0.29) is 23.8 Å². The van der Waals surface area contributed by atoms with Crippen LogP contribution in [0.15, 0.2) is 102 Å². The summed E-state index contributed by atoms with van der Waals surface area (Å²) in [6, 6.07) is 26.8. The van der Waals surface area contributed by atoms with Crippen molar-refractivity contribution in [1.29, 1.82) is 0 Å². The summed E-state index contributed by atoms with van der Waals surface area (Å²) in [6.45, 7) is 8.67. The Bertz CT molecular complexity index is 1790. The van der Waals surface area contributed by atoms with Crippen molar-refractivity contribution >= 4 is 50.7 Å². The highest BCUT2D eigenvalue weighted by Crippen LogP contribution is 2.30. The van der Waals surface area contributed by atoms with Crippen LogP contribution >= 0.6 is 23.2 Å². The third-order valence-electron chi connectivity index (χ3n) is 7.33. The number of sulfonamides is 1. The minimum Gasteiger partial charge on any atom is -0.350 e. The van der Waals surface area contributed by atoms with E-state index in [9.17, 15) is 18.0 Å². The van der Waals surface area contributed by atoms with Crippen LogP contribution in [0.2, 0.25) is 10.0 Å². The molecule has 0 spiro atoms. The molecular weight excluding hydrogens is 641 g/mol. The average molecular weight is 681 g/mol. The van der Waals surface area contributed by atoms with Crippen LogP contribution in [0.1, 0.15) is 43.0 Å². The van der Waals surface area contributed by atoms with Crippen LogP contribution in [0.25, 0.3) is 0 Å². The number of rotatable bonds is 11. The molecule has 0 aromatic heterocycles. The Morgan fingerprint density at radius 2 is 1.43 bits per heavy atom. The van der Waals surface area contributed by atoms with Crippen LogP contribution in [0.3, 0.4) is 0 Å². The van der Waals surface area contributed by atoms with Gasteiger partial charge in [0.1, 0.15) is 12.6 Å². The van der Waals surface area contributed by atoms with Crippen molar-refractivity contribution in [1.82, 2.24) is 10.2 Å². The summed E-state index contributed by atoms with van der Waals surface area (Å²) in [5, 5.41) is 3.94. The fourth-order valence-electron chi connectivity index (χ4n) is 5.09. The Morgan fingerprint density at radius 1 is 0.804 bits per heavy atom. The molecule has 46 heavy (non-hydrogen) atoms. The van der Waals surface area contributed by atoms with Crippen molar-refractivity contribution in [3.8, 4) is 0 Å². The van der Waals surface area contributed by atoms with E-state index in [1.54, 1.807) is 55.5 Å². The molecule has 4 rings (SSSR count). The number of benzene rings is 4. The van der Waals surface area contributed by atoms with Crippen molar-refractivity contribution < 1.29 is 18.0 Å².